The average Bonchev–Trinajstić information content (AvgIpc) is 2.59. The van der Waals surface area contributed by atoms with Crippen molar-refractivity contribution in [3.8, 4) is 11.1 Å². The van der Waals surface area contributed by atoms with Crippen LogP contribution in [-0.2, 0) is 4.57 Å². The van der Waals surface area contributed by atoms with Crippen molar-refractivity contribution in [3.63, 3.8) is 0 Å². The molecule has 0 aliphatic carbocycles. The first-order valence-corrected chi connectivity index (χ1v) is 9.94. The van der Waals surface area contributed by atoms with Gasteiger partial charge in [0.1, 0.15) is 0 Å². The Hall–Kier alpha value is -2.39. The van der Waals surface area contributed by atoms with E-state index < -0.39 is 7.75 Å². The van der Waals surface area contributed by atoms with Crippen LogP contribution in [0.3, 0.4) is 0 Å². The molecular weight excluding hydrogens is 345 g/mol. The van der Waals surface area contributed by atoms with Gasteiger partial charge in [-0.15, -0.1) is 0 Å². The van der Waals surface area contributed by atoms with E-state index in [4.69, 9.17) is 0 Å². The number of anilines is 2. The van der Waals surface area contributed by atoms with E-state index in [0.717, 1.165) is 32.5 Å². The van der Waals surface area contributed by atoms with Crippen molar-refractivity contribution in [1.82, 2.24) is 0 Å². The zero-order valence-corrected chi connectivity index (χ0v) is 15.9. The van der Waals surface area contributed by atoms with Crippen LogP contribution >= 0.6 is 7.75 Å². The summed E-state index contributed by atoms with van der Waals surface area (Å²) in [6, 6.07) is 20.7. The molecule has 0 saturated heterocycles. The van der Waals surface area contributed by atoms with Crippen molar-refractivity contribution in [2.45, 2.75) is 20.8 Å². The largest absolute Gasteiger partial charge is 0.434 e. The summed E-state index contributed by atoms with van der Waals surface area (Å²) >= 11 is 0. The van der Waals surface area contributed by atoms with Crippen LogP contribution < -0.4 is 4.67 Å². The summed E-state index contributed by atoms with van der Waals surface area (Å²) in [5, 5.41) is 0. The highest BCUT2D eigenvalue weighted by Gasteiger charge is 2.31. The van der Waals surface area contributed by atoms with Crippen LogP contribution in [0.1, 0.15) is 16.7 Å². The Morgan fingerprint density at radius 2 is 1.35 bits per heavy atom. The molecule has 3 rings (SSSR count). The van der Waals surface area contributed by atoms with Crippen LogP contribution in [0.15, 0.2) is 66.7 Å². The van der Waals surface area contributed by atoms with Gasteiger partial charge in [0.05, 0.1) is 11.4 Å². The molecule has 5 heteroatoms. The maximum absolute atomic E-state index is 12.4. The van der Waals surface area contributed by atoms with Gasteiger partial charge in [-0.25, -0.2) is 9.24 Å². The second-order valence-electron chi connectivity index (χ2n) is 6.39. The Bertz CT molecular complexity index is 966. The van der Waals surface area contributed by atoms with Gasteiger partial charge in [0, 0.05) is 0 Å². The maximum Gasteiger partial charge on any atom is 0.434 e. The Morgan fingerprint density at radius 1 is 0.808 bits per heavy atom. The van der Waals surface area contributed by atoms with Gasteiger partial charge in [-0.3, -0.25) is 0 Å². The molecule has 0 bridgehead atoms. The van der Waals surface area contributed by atoms with E-state index in [2.05, 4.69) is 0 Å². The van der Waals surface area contributed by atoms with E-state index in [1.54, 1.807) is 24.3 Å². The first-order valence-electron chi connectivity index (χ1n) is 8.38. The van der Waals surface area contributed by atoms with E-state index in [1.165, 1.54) is 0 Å². The molecule has 0 atom stereocenters. The van der Waals surface area contributed by atoms with Crippen molar-refractivity contribution in [2.24, 2.45) is 0 Å². The molecule has 0 fully saturated rings. The molecule has 0 aliphatic heterocycles. The van der Waals surface area contributed by atoms with Crippen molar-refractivity contribution in [1.29, 1.82) is 0 Å². The van der Waals surface area contributed by atoms with E-state index in [1.807, 2.05) is 63.2 Å². The van der Waals surface area contributed by atoms with Gasteiger partial charge in [0.25, 0.3) is 0 Å². The number of aryl methyl sites for hydroxylation is 2. The standard InChI is InChI=1S/C21H22NO3P/c1-15-14-16(2)21(17(3)20(15)18-10-6-4-7-11-18)22(26(23,24)25)19-12-8-5-9-13-19/h4-14H,1-3H3,(H2,23,24,25). The first kappa shape index (κ1) is 18.4. The first-order chi connectivity index (χ1) is 12.3. The molecule has 4 nitrogen and oxygen atoms in total. The highest BCUT2D eigenvalue weighted by atomic mass is 31.2. The highest BCUT2D eigenvalue weighted by Crippen LogP contribution is 2.53. The molecule has 3 aromatic carbocycles. The molecular formula is C21H22NO3P. The Balaban J connectivity index is 2.31. The van der Waals surface area contributed by atoms with Crippen LogP contribution in [0.5, 0.6) is 0 Å². The number of nitrogens with zero attached hydrogens (tertiary/aromatic N) is 1. The fourth-order valence-electron chi connectivity index (χ4n) is 3.53. The summed E-state index contributed by atoms with van der Waals surface area (Å²) in [6.07, 6.45) is 0. The van der Waals surface area contributed by atoms with Gasteiger partial charge >= 0.3 is 7.75 Å². The highest BCUT2D eigenvalue weighted by molar-refractivity contribution is 7.54. The number of rotatable bonds is 4. The fraction of sp³-hybridized carbons (Fsp3) is 0.143. The van der Waals surface area contributed by atoms with Crippen molar-refractivity contribution in [3.05, 3.63) is 83.4 Å². The summed E-state index contributed by atoms with van der Waals surface area (Å²) in [4.78, 5) is 20.2. The SMILES string of the molecule is Cc1cc(C)c(N(c2ccccc2)P(=O)(O)O)c(C)c1-c1ccccc1. The Kier molecular flexibility index (Phi) is 5.01. The predicted molar refractivity (Wildman–Crippen MR) is 107 cm³/mol. The molecule has 0 radical (unpaired) electrons. The minimum absolute atomic E-state index is 0.467. The van der Waals surface area contributed by atoms with Crippen LogP contribution in [0, 0.1) is 20.8 Å². The number of hydrogen-bond acceptors (Lipinski definition) is 1. The molecule has 0 unspecified atom stereocenters. The molecule has 0 saturated carbocycles. The van der Waals surface area contributed by atoms with Crippen molar-refractivity contribution < 1.29 is 14.4 Å². The second-order valence-corrected chi connectivity index (χ2v) is 7.81. The fourth-order valence-corrected chi connectivity index (χ4v) is 4.53. The molecule has 0 aliphatic rings. The minimum Gasteiger partial charge on any atom is -0.308 e. The molecule has 0 heterocycles. The lowest BCUT2D eigenvalue weighted by Gasteiger charge is -2.30. The monoisotopic (exact) mass is 367 g/mol. The third kappa shape index (κ3) is 3.45. The lowest BCUT2D eigenvalue weighted by molar-refractivity contribution is 0.373. The van der Waals surface area contributed by atoms with Gasteiger partial charge in [-0.2, -0.15) is 0 Å². The molecule has 26 heavy (non-hydrogen) atoms. The topological polar surface area (TPSA) is 60.8 Å². The van der Waals surface area contributed by atoms with Gasteiger partial charge < -0.3 is 9.79 Å². The van der Waals surface area contributed by atoms with Gasteiger partial charge in [-0.1, -0.05) is 54.6 Å². The Labute approximate surface area is 154 Å². The smallest absolute Gasteiger partial charge is 0.308 e. The summed E-state index contributed by atoms with van der Waals surface area (Å²) in [5.41, 5.74) is 5.80. The third-order valence-electron chi connectivity index (χ3n) is 4.47. The molecule has 3 aromatic rings. The van der Waals surface area contributed by atoms with Gasteiger partial charge in [0.2, 0.25) is 0 Å². The second kappa shape index (κ2) is 7.08. The Morgan fingerprint density at radius 3 is 1.88 bits per heavy atom. The summed E-state index contributed by atoms with van der Waals surface area (Å²) in [7, 11) is -4.57. The average molecular weight is 367 g/mol. The minimum atomic E-state index is -4.57. The maximum atomic E-state index is 12.4. The summed E-state index contributed by atoms with van der Waals surface area (Å²) in [5.74, 6) is 0. The number of para-hydroxylation sites is 1. The van der Waals surface area contributed by atoms with Crippen LogP contribution in [-0.4, -0.2) is 9.79 Å². The molecule has 2 N–H and O–H groups in total. The quantitative estimate of drug-likeness (QED) is 0.597. The molecule has 0 amide bonds. The van der Waals surface area contributed by atoms with Crippen LogP contribution in [0.2, 0.25) is 0 Å². The van der Waals surface area contributed by atoms with Gasteiger partial charge in [-0.05, 0) is 60.7 Å². The van der Waals surface area contributed by atoms with E-state index in [9.17, 15) is 14.4 Å². The summed E-state index contributed by atoms with van der Waals surface area (Å²) < 4.78 is 13.5. The summed E-state index contributed by atoms with van der Waals surface area (Å²) in [6.45, 7) is 5.83. The molecule has 134 valence electrons. The van der Waals surface area contributed by atoms with Crippen molar-refractivity contribution >= 4 is 19.1 Å². The molecule has 0 spiro atoms. The zero-order chi connectivity index (χ0) is 18.9. The lowest BCUT2D eigenvalue weighted by Crippen LogP contribution is -2.16. The third-order valence-corrected chi connectivity index (χ3v) is 5.42. The zero-order valence-electron chi connectivity index (χ0n) is 15.0. The van der Waals surface area contributed by atoms with E-state index in [-0.39, 0.29) is 0 Å². The molecule has 0 aromatic heterocycles. The predicted octanol–water partition coefficient (Wildman–Crippen LogP) is 5.51. The van der Waals surface area contributed by atoms with Crippen molar-refractivity contribution in [2.75, 3.05) is 4.67 Å². The lowest BCUT2D eigenvalue weighted by atomic mass is 9.92. The number of benzene rings is 3. The number of hydrogen-bond donors (Lipinski definition) is 2. The van der Waals surface area contributed by atoms with Gasteiger partial charge in [0.15, 0.2) is 0 Å². The normalized spacial score (nSPS) is 11.4. The van der Waals surface area contributed by atoms with E-state index >= 15 is 0 Å². The van der Waals surface area contributed by atoms with Crippen LogP contribution in [0.4, 0.5) is 11.4 Å². The van der Waals surface area contributed by atoms with E-state index in [0.29, 0.717) is 11.4 Å². The van der Waals surface area contributed by atoms with Crippen LogP contribution in [0.25, 0.3) is 11.1 Å².